The van der Waals surface area contributed by atoms with Gasteiger partial charge in [-0.25, -0.2) is 4.98 Å². The first-order valence-electron chi connectivity index (χ1n) is 14.2. The molecule has 3 heterocycles. The van der Waals surface area contributed by atoms with E-state index in [1.54, 1.807) is 36.4 Å². The van der Waals surface area contributed by atoms with Crippen LogP contribution in [0.2, 0.25) is 0 Å². The maximum atomic E-state index is 13.8. The number of Topliss-reactive ketones (excluding diaryl/α,β-unsaturated/α-hetero) is 1. The van der Waals surface area contributed by atoms with E-state index < -0.39 is 17.7 Å². The monoisotopic (exact) mass is 596 g/mol. The summed E-state index contributed by atoms with van der Waals surface area (Å²) in [6.07, 6.45) is 2.34. The summed E-state index contributed by atoms with van der Waals surface area (Å²) < 4.78 is 18.4. The van der Waals surface area contributed by atoms with Gasteiger partial charge < -0.3 is 19.3 Å². The molecule has 0 aliphatic carbocycles. The van der Waals surface area contributed by atoms with Gasteiger partial charge >= 0.3 is 5.91 Å². The van der Waals surface area contributed by atoms with Crippen molar-refractivity contribution in [2.24, 2.45) is 0 Å². The Balaban J connectivity index is 1.55. The third-order valence-electron chi connectivity index (χ3n) is 7.58. The second-order valence-electron chi connectivity index (χ2n) is 10.8. The summed E-state index contributed by atoms with van der Waals surface area (Å²) in [6.45, 7) is 12.2. The van der Waals surface area contributed by atoms with Crippen LogP contribution in [0.15, 0.2) is 66.8 Å². The van der Waals surface area contributed by atoms with Crippen LogP contribution >= 0.6 is 11.3 Å². The van der Waals surface area contributed by atoms with E-state index in [1.165, 1.54) is 16.2 Å². The molecule has 3 aromatic carbocycles. The summed E-state index contributed by atoms with van der Waals surface area (Å²) in [6, 6.07) is 13.7. The second kappa shape index (κ2) is 11.2. The Morgan fingerprint density at radius 2 is 1.95 bits per heavy atom. The van der Waals surface area contributed by atoms with Gasteiger partial charge in [-0.15, -0.1) is 0 Å². The van der Waals surface area contributed by atoms with Gasteiger partial charge in [-0.05, 0) is 86.3 Å². The second-order valence-corrected chi connectivity index (χ2v) is 11.8. The van der Waals surface area contributed by atoms with Crippen molar-refractivity contribution in [2.45, 2.75) is 46.3 Å². The van der Waals surface area contributed by atoms with Crippen molar-refractivity contribution < 1.29 is 28.9 Å². The summed E-state index contributed by atoms with van der Waals surface area (Å²) in [5.41, 5.74) is 4.73. The molecule has 1 aromatic heterocycles. The third-order valence-corrected chi connectivity index (χ3v) is 8.58. The SMILES string of the molecule is C=CCOc1ccc([C@@H]2C(=C(O)c3ccc4c(c3)C[C@@H](C)O4)C(=O)C(=O)N2c2nc3c(C)cc(C)cc3s2)cc1OCC. The zero-order chi connectivity index (χ0) is 30.4. The summed E-state index contributed by atoms with van der Waals surface area (Å²) in [4.78, 5) is 33.8. The number of carbonyl (C=O) groups excluding carboxylic acids is 2. The van der Waals surface area contributed by atoms with Crippen molar-refractivity contribution in [3.8, 4) is 17.2 Å². The van der Waals surface area contributed by atoms with Crippen LogP contribution in [0.3, 0.4) is 0 Å². The van der Waals surface area contributed by atoms with Gasteiger partial charge in [0.1, 0.15) is 24.2 Å². The van der Waals surface area contributed by atoms with Crippen molar-refractivity contribution in [1.82, 2.24) is 4.98 Å². The predicted octanol–water partition coefficient (Wildman–Crippen LogP) is 6.83. The summed E-state index contributed by atoms with van der Waals surface area (Å²) >= 11 is 1.34. The molecule has 6 rings (SSSR count). The topological polar surface area (TPSA) is 98.2 Å². The highest BCUT2D eigenvalue weighted by Gasteiger charge is 2.48. The van der Waals surface area contributed by atoms with Gasteiger partial charge in [-0.1, -0.05) is 36.1 Å². The molecule has 220 valence electrons. The minimum absolute atomic E-state index is 0.0166. The van der Waals surface area contributed by atoms with Gasteiger partial charge in [0.05, 0.1) is 28.4 Å². The smallest absolute Gasteiger partial charge is 0.301 e. The first kappa shape index (κ1) is 28.5. The Kier molecular flexibility index (Phi) is 7.43. The van der Waals surface area contributed by atoms with E-state index in [9.17, 15) is 14.7 Å². The highest BCUT2D eigenvalue weighted by molar-refractivity contribution is 7.22. The quantitative estimate of drug-likeness (QED) is 0.103. The number of carbonyl (C=O) groups is 2. The van der Waals surface area contributed by atoms with Gasteiger partial charge in [0.15, 0.2) is 16.6 Å². The average molecular weight is 597 g/mol. The number of thiazole rings is 1. The summed E-state index contributed by atoms with van der Waals surface area (Å²) in [5, 5.41) is 12.1. The van der Waals surface area contributed by atoms with Crippen molar-refractivity contribution in [1.29, 1.82) is 0 Å². The number of hydrogen-bond donors (Lipinski definition) is 1. The Labute approximate surface area is 253 Å². The molecule has 8 nitrogen and oxygen atoms in total. The third kappa shape index (κ3) is 5.03. The Hall–Kier alpha value is -4.63. The zero-order valence-corrected chi connectivity index (χ0v) is 25.3. The molecule has 0 bridgehead atoms. The lowest BCUT2D eigenvalue weighted by molar-refractivity contribution is -0.132. The van der Waals surface area contributed by atoms with Crippen LogP contribution in [-0.4, -0.2) is 41.1 Å². The molecule has 1 fully saturated rings. The van der Waals surface area contributed by atoms with E-state index in [1.807, 2.05) is 45.9 Å². The number of fused-ring (bicyclic) bond motifs is 2. The minimum Gasteiger partial charge on any atom is -0.507 e. The molecule has 0 unspecified atom stereocenters. The lowest BCUT2D eigenvalue weighted by Crippen LogP contribution is -2.29. The molecule has 1 saturated heterocycles. The van der Waals surface area contributed by atoms with Crippen LogP contribution in [-0.2, 0) is 16.0 Å². The fourth-order valence-corrected chi connectivity index (χ4v) is 6.93. The number of aromatic nitrogens is 1. The number of ketones is 1. The molecule has 1 N–H and O–H groups in total. The number of nitrogens with zero attached hydrogens (tertiary/aromatic N) is 2. The number of anilines is 1. The van der Waals surface area contributed by atoms with E-state index in [2.05, 4.69) is 6.58 Å². The predicted molar refractivity (Wildman–Crippen MR) is 167 cm³/mol. The van der Waals surface area contributed by atoms with Crippen molar-refractivity contribution in [3.63, 3.8) is 0 Å². The highest BCUT2D eigenvalue weighted by Crippen LogP contribution is 2.46. The standard InChI is InChI=1S/C34H32N2O6S/c1-6-12-41-25-11-8-21(17-26(25)40-7-2)30-28(31(37)22-9-10-24-23(16-22)15-20(5)42-24)32(38)33(39)36(30)34-35-29-19(4)13-18(3)14-27(29)43-34/h6,8-11,13-14,16-17,20,30,37H,1,7,12,15H2,2-5H3/t20-,30-/m1/s1. The number of benzene rings is 3. The Morgan fingerprint density at radius 3 is 2.72 bits per heavy atom. The zero-order valence-electron chi connectivity index (χ0n) is 24.5. The molecule has 4 aromatic rings. The van der Waals surface area contributed by atoms with E-state index in [0.29, 0.717) is 40.8 Å². The van der Waals surface area contributed by atoms with Crippen LogP contribution in [0.5, 0.6) is 17.2 Å². The lowest BCUT2D eigenvalue weighted by Gasteiger charge is -2.24. The van der Waals surface area contributed by atoms with Crippen molar-refractivity contribution in [2.75, 3.05) is 18.1 Å². The minimum atomic E-state index is -0.960. The molecule has 2 aliphatic heterocycles. The van der Waals surface area contributed by atoms with Gasteiger partial charge in [-0.2, -0.15) is 0 Å². The van der Waals surface area contributed by atoms with E-state index in [0.717, 1.165) is 32.7 Å². The van der Waals surface area contributed by atoms with Gasteiger partial charge in [0.25, 0.3) is 5.78 Å². The maximum Gasteiger partial charge on any atom is 0.301 e. The summed E-state index contributed by atoms with van der Waals surface area (Å²) in [5.74, 6) is -0.107. The molecule has 0 radical (unpaired) electrons. The molecule has 1 amide bonds. The first-order valence-corrected chi connectivity index (χ1v) is 15.0. The fourth-order valence-electron chi connectivity index (χ4n) is 5.76. The molecule has 43 heavy (non-hydrogen) atoms. The lowest BCUT2D eigenvalue weighted by atomic mass is 9.94. The maximum absolute atomic E-state index is 13.8. The van der Waals surface area contributed by atoms with Gasteiger partial charge in [0, 0.05) is 12.0 Å². The number of aliphatic hydroxyl groups excluding tert-OH is 1. The largest absolute Gasteiger partial charge is 0.507 e. The molecule has 9 heteroatoms. The number of hydrogen-bond acceptors (Lipinski definition) is 8. The Bertz CT molecular complexity index is 1820. The van der Waals surface area contributed by atoms with Crippen LogP contribution in [0.4, 0.5) is 5.13 Å². The van der Waals surface area contributed by atoms with Crippen LogP contribution in [0, 0.1) is 13.8 Å². The number of rotatable bonds is 8. The van der Waals surface area contributed by atoms with Crippen LogP contribution in [0.25, 0.3) is 16.0 Å². The number of aryl methyl sites for hydroxylation is 2. The van der Waals surface area contributed by atoms with Gasteiger partial charge in [-0.3, -0.25) is 14.5 Å². The highest BCUT2D eigenvalue weighted by atomic mass is 32.1. The van der Waals surface area contributed by atoms with Crippen LogP contribution < -0.4 is 19.1 Å². The summed E-state index contributed by atoms with van der Waals surface area (Å²) in [7, 11) is 0. The van der Waals surface area contributed by atoms with E-state index in [4.69, 9.17) is 19.2 Å². The van der Waals surface area contributed by atoms with Crippen LogP contribution in [0.1, 0.15) is 47.7 Å². The molecule has 2 atom stereocenters. The Morgan fingerprint density at radius 1 is 1.14 bits per heavy atom. The number of ether oxygens (including phenoxy) is 3. The normalized spacial score (nSPS) is 19.0. The van der Waals surface area contributed by atoms with Crippen molar-refractivity contribution >= 4 is 44.1 Å². The molecule has 0 spiro atoms. The van der Waals surface area contributed by atoms with Gasteiger partial charge in [0.2, 0.25) is 0 Å². The number of aliphatic hydroxyl groups is 1. The molecular weight excluding hydrogens is 564 g/mol. The first-order chi connectivity index (χ1) is 20.7. The average Bonchev–Trinajstić information content (AvgIpc) is 3.64. The molecule has 0 saturated carbocycles. The molecular formula is C34H32N2O6S. The fraction of sp³-hybridized carbons (Fsp3) is 0.265. The number of amides is 1. The van der Waals surface area contributed by atoms with E-state index >= 15 is 0 Å². The van der Waals surface area contributed by atoms with E-state index in [-0.39, 0.29) is 24.0 Å². The van der Waals surface area contributed by atoms with Crippen molar-refractivity contribution in [3.05, 3.63) is 94.6 Å². The molecule has 2 aliphatic rings.